The molecular weight excluding hydrogens is 276 g/mol. The summed E-state index contributed by atoms with van der Waals surface area (Å²) in [6.07, 6.45) is 6.38. The summed E-state index contributed by atoms with van der Waals surface area (Å²) in [5.41, 5.74) is -0.508. The summed E-state index contributed by atoms with van der Waals surface area (Å²) in [5, 5.41) is 12.1. The first kappa shape index (κ1) is 15.1. The molecule has 0 aromatic rings. The Morgan fingerprint density at radius 3 is 3.05 bits per heavy atom. The minimum Gasteiger partial charge on any atom is -0.479 e. The van der Waals surface area contributed by atoms with Crippen LogP contribution in [0, 0.1) is 0 Å². The van der Waals surface area contributed by atoms with E-state index in [0.717, 1.165) is 24.8 Å². The predicted octanol–water partition coefficient (Wildman–Crippen LogP) is 1.57. The van der Waals surface area contributed by atoms with Crippen LogP contribution >= 0.6 is 11.8 Å². The second-order valence-electron chi connectivity index (χ2n) is 5.03. The highest BCUT2D eigenvalue weighted by Gasteiger charge is 2.66. The van der Waals surface area contributed by atoms with Crippen LogP contribution < -0.4 is 5.32 Å². The maximum Gasteiger partial charge on any atom is 0.336 e. The van der Waals surface area contributed by atoms with Gasteiger partial charge in [0, 0.05) is 12.0 Å². The van der Waals surface area contributed by atoms with E-state index in [-0.39, 0.29) is 11.3 Å². The number of fused-ring (bicyclic) bond motifs is 1. The van der Waals surface area contributed by atoms with Crippen molar-refractivity contribution in [2.24, 2.45) is 0 Å². The Balaban J connectivity index is 2.11. The first-order valence-electron chi connectivity index (χ1n) is 6.83. The summed E-state index contributed by atoms with van der Waals surface area (Å²) in [6, 6.07) is 0. The molecule has 2 aliphatic rings. The minimum absolute atomic E-state index is 0.363. The molecule has 20 heavy (non-hydrogen) atoms. The molecule has 1 saturated heterocycles. The average Bonchev–Trinajstić information content (AvgIpc) is 2.46. The fourth-order valence-corrected chi connectivity index (χ4v) is 3.88. The number of nitrogens with one attached hydrogen (secondary N) is 1. The van der Waals surface area contributed by atoms with Crippen LogP contribution in [0.2, 0.25) is 0 Å². The Bertz CT molecular complexity index is 463. The number of rotatable bonds is 7. The Morgan fingerprint density at radius 2 is 2.45 bits per heavy atom. The number of carbonyl (C=O) groups excluding carboxylic acids is 1. The third-order valence-electron chi connectivity index (χ3n) is 3.69. The van der Waals surface area contributed by atoms with Gasteiger partial charge in [-0.2, -0.15) is 0 Å². The van der Waals surface area contributed by atoms with Crippen LogP contribution in [-0.2, 0) is 9.59 Å². The quantitative estimate of drug-likeness (QED) is 0.424. The van der Waals surface area contributed by atoms with Crippen LogP contribution in [0.15, 0.2) is 24.4 Å². The number of hydrogen-bond donors (Lipinski definition) is 2. The summed E-state index contributed by atoms with van der Waals surface area (Å²) >= 11 is 1.47. The van der Waals surface area contributed by atoms with E-state index >= 15 is 0 Å². The predicted molar refractivity (Wildman–Crippen MR) is 79.3 cm³/mol. The maximum absolute atomic E-state index is 12.3. The fraction of sp³-hybridized carbons (Fsp3) is 0.571. The second-order valence-corrected chi connectivity index (χ2v) is 6.10. The lowest BCUT2D eigenvalue weighted by Gasteiger charge is -2.53. The van der Waals surface area contributed by atoms with Crippen LogP contribution in [0.25, 0.3) is 0 Å². The van der Waals surface area contributed by atoms with Crippen LogP contribution in [0.1, 0.15) is 26.2 Å². The molecule has 0 radical (unpaired) electrons. The Morgan fingerprint density at radius 1 is 1.70 bits per heavy atom. The number of carboxylic acid groups (broad SMARTS) is 1. The van der Waals surface area contributed by atoms with Gasteiger partial charge < -0.3 is 10.0 Å². The van der Waals surface area contributed by atoms with Crippen LogP contribution in [0.3, 0.4) is 0 Å². The van der Waals surface area contributed by atoms with Gasteiger partial charge in [0.1, 0.15) is 5.37 Å². The van der Waals surface area contributed by atoms with Gasteiger partial charge in [-0.25, -0.2) is 4.79 Å². The largest absolute Gasteiger partial charge is 0.479 e. The normalized spacial score (nSPS) is 28.4. The summed E-state index contributed by atoms with van der Waals surface area (Å²) in [5.74, 6) is -0.773. The lowest BCUT2D eigenvalue weighted by atomic mass is 9.87. The zero-order valence-electron chi connectivity index (χ0n) is 11.6. The third kappa shape index (κ3) is 2.27. The van der Waals surface area contributed by atoms with Crippen molar-refractivity contribution in [3.05, 3.63) is 24.4 Å². The van der Waals surface area contributed by atoms with Gasteiger partial charge in [0.25, 0.3) is 5.91 Å². The standard InChI is InChI=1S/C14H20N2O3S/c1-3-5-6-7-15-14(13(18)19)11(17)16-8-10(4-2)9-20-12(14)16/h4,8,12,15H,2-3,5-7,9H2,1H3,(H,18,19)/t12-,14?/m0/s1. The van der Waals surface area contributed by atoms with Crippen molar-refractivity contribution >= 4 is 23.6 Å². The van der Waals surface area contributed by atoms with Gasteiger partial charge in [0.15, 0.2) is 0 Å². The topological polar surface area (TPSA) is 69.6 Å². The Labute approximate surface area is 123 Å². The fourth-order valence-electron chi connectivity index (χ4n) is 2.49. The number of β-lactam (4-membered cyclic amide) rings is 1. The number of nitrogens with zero attached hydrogens (tertiary/aromatic N) is 1. The van der Waals surface area contributed by atoms with E-state index in [1.165, 1.54) is 16.7 Å². The second kappa shape index (κ2) is 6.01. The summed E-state index contributed by atoms with van der Waals surface area (Å²) < 4.78 is 0. The molecule has 0 aliphatic carbocycles. The monoisotopic (exact) mass is 296 g/mol. The van der Waals surface area contributed by atoms with E-state index in [1.54, 1.807) is 12.3 Å². The molecule has 0 bridgehead atoms. The summed E-state index contributed by atoms with van der Waals surface area (Å²) in [7, 11) is 0. The molecule has 1 unspecified atom stereocenters. The lowest BCUT2D eigenvalue weighted by molar-refractivity contribution is -0.167. The van der Waals surface area contributed by atoms with Crippen molar-refractivity contribution in [3.63, 3.8) is 0 Å². The molecule has 2 aliphatic heterocycles. The molecule has 2 heterocycles. The average molecular weight is 296 g/mol. The van der Waals surface area contributed by atoms with E-state index in [0.29, 0.717) is 12.3 Å². The van der Waals surface area contributed by atoms with Crippen molar-refractivity contribution in [1.82, 2.24) is 10.2 Å². The highest BCUT2D eigenvalue weighted by Crippen LogP contribution is 2.43. The van der Waals surface area contributed by atoms with Crippen LogP contribution in [0.4, 0.5) is 0 Å². The first-order valence-corrected chi connectivity index (χ1v) is 7.88. The minimum atomic E-state index is -1.46. The van der Waals surface area contributed by atoms with E-state index in [4.69, 9.17) is 0 Å². The maximum atomic E-state index is 12.3. The number of hydrogen-bond acceptors (Lipinski definition) is 4. The number of allylic oxidation sites excluding steroid dienone is 1. The van der Waals surface area contributed by atoms with Gasteiger partial charge in [-0.3, -0.25) is 10.1 Å². The number of carboxylic acids is 1. The molecule has 0 aromatic carbocycles. The molecular formula is C14H20N2O3S. The van der Waals surface area contributed by atoms with Gasteiger partial charge in [0.05, 0.1) is 0 Å². The van der Waals surface area contributed by atoms with Gasteiger partial charge >= 0.3 is 5.97 Å². The van der Waals surface area contributed by atoms with Crippen LogP contribution in [-0.4, -0.2) is 45.1 Å². The number of unbranched alkanes of at least 4 members (excludes halogenated alkanes) is 2. The molecule has 0 aromatic heterocycles. The van der Waals surface area contributed by atoms with Gasteiger partial charge in [-0.15, -0.1) is 11.8 Å². The van der Waals surface area contributed by atoms with Crippen LogP contribution in [0.5, 0.6) is 0 Å². The van der Waals surface area contributed by atoms with Crippen molar-refractivity contribution in [2.45, 2.75) is 37.1 Å². The molecule has 1 amide bonds. The van der Waals surface area contributed by atoms with Crippen molar-refractivity contribution < 1.29 is 14.7 Å². The molecule has 110 valence electrons. The molecule has 0 saturated carbocycles. The number of carbonyl (C=O) groups is 2. The SMILES string of the molecule is C=CC1=CN2C(=O)C(NCCCCC)(C(=O)O)[C@@H]2SC1. The van der Waals surface area contributed by atoms with E-state index in [9.17, 15) is 14.7 Å². The summed E-state index contributed by atoms with van der Waals surface area (Å²) in [6.45, 7) is 6.32. The van der Waals surface area contributed by atoms with Gasteiger partial charge in [-0.1, -0.05) is 32.4 Å². The molecule has 2 N–H and O–H groups in total. The van der Waals surface area contributed by atoms with E-state index in [2.05, 4.69) is 18.8 Å². The zero-order valence-corrected chi connectivity index (χ0v) is 12.4. The number of aliphatic carboxylic acids is 1. The van der Waals surface area contributed by atoms with Gasteiger partial charge in [0.2, 0.25) is 5.54 Å². The van der Waals surface area contributed by atoms with Crippen molar-refractivity contribution in [3.8, 4) is 0 Å². The highest BCUT2D eigenvalue weighted by atomic mass is 32.2. The van der Waals surface area contributed by atoms with Gasteiger partial charge in [-0.05, 0) is 18.5 Å². The third-order valence-corrected chi connectivity index (χ3v) is 5.09. The summed E-state index contributed by atoms with van der Waals surface area (Å²) in [4.78, 5) is 25.4. The smallest absolute Gasteiger partial charge is 0.336 e. The van der Waals surface area contributed by atoms with E-state index in [1.807, 2.05) is 0 Å². The Hall–Kier alpha value is -1.27. The van der Waals surface area contributed by atoms with E-state index < -0.39 is 11.5 Å². The van der Waals surface area contributed by atoms with Crippen molar-refractivity contribution in [1.29, 1.82) is 0 Å². The molecule has 5 nitrogen and oxygen atoms in total. The van der Waals surface area contributed by atoms with Crippen molar-refractivity contribution in [2.75, 3.05) is 12.3 Å². The molecule has 2 rings (SSSR count). The zero-order chi connectivity index (χ0) is 14.8. The molecule has 0 spiro atoms. The highest BCUT2D eigenvalue weighted by molar-refractivity contribution is 8.00. The molecule has 1 fully saturated rings. The number of amides is 1. The lowest BCUT2D eigenvalue weighted by Crippen LogP contribution is -2.81. The molecule has 6 heteroatoms. The Kier molecular flexibility index (Phi) is 4.55. The first-order chi connectivity index (χ1) is 9.57. The number of thioether (sulfide) groups is 1. The molecule has 2 atom stereocenters.